The lowest BCUT2D eigenvalue weighted by molar-refractivity contribution is 0.531. The van der Waals surface area contributed by atoms with Crippen LogP contribution in [-0.4, -0.2) is 0 Å². The summed E-state index contributed by atoms with van der Waals surface area (Å²) in [5, 5.41) is 0. The van der Waals surface area contributed by atoms with Gasteiger partial charge in [-0.2, -0.15) is 0 Å². The van der Waals surface area contributed by atoms with Gasteiger partial charge in [0.1, 0.15) is 0 Å². The molecule has 2 aliphatic rings. The Morgan fingerprint density at radius 2 is 1.50 bits per heavy atom. The number of hydrogen-bond acceptors (Lipinski definition) is 0. The van der Waals surface area contributed by atoms with Crippen molar-refractivity contribution in [3.8, 4) is 0 Å². The monoisotopic (exact) mass is 280 g/mol. The van der Waals surface area contributed by atoms with E-state index in [0.717, 1.165) is 17.8 Å². The SMILES string of the molecule is C.C=C/C=C\C.CC1CCC(C)C1.CCC1CCCC1. The molecule has 0 aromatic heterocycles. The second-order valence-electron chi connectivity index (χ2n) is 6.34. The van der Waals surface area contributed by atoms with Crippen LogP contribution in [0.2, 0.25) is 0 Å². The third-order valence-electron chi connectivity index (χ3n) is 4.34. The predicted octanol–water partition coefficient (Wildman–Crippen LogP) is 7.41. The van der Waals surface area contributed by atoms with Crippen molar-refractivity contribution < 1.29 is 0 Å². The molecule has 0 aromatic carbocycles. The Balaban J connectivity index is 0. The Hall–Kier alpha value is -0.520. The molecule has 0 aromatic rings. The van der Waals surface area contributed by atoms with Crippen molar-refractivity contribution in [3.63, 3.8) is 0 Å². The van der Waals surface area contributed by atoms with Gasteiger partial charge < -0.3 is 0 Å². The maximum atomic E-state index is 3.46. The molecule has 2 saturated carbocycles. The van der Waals surface area contributed by atoms with E-state index in [4.69, 9.17) is 0 Å². The highest BCUT2D eigenvalue weighted by Crippen LogP contribution is 2.29. The van der Waals surface area contributed by atoms with Gasteiger partial charge in [-0.25, -0.2) is 0 Å². The summed E-state index contributed by atoms with van der Waals surface area (Å²) < 4.78 is 0. The van der Waals surface area contributed by atoms with Gasteiger partial charge in [0, 0.05) is 0 Å². The molecule has 0 N–H and O–H groups in total. The first kappa shape index (κ1) is 21.8. The topological polar surface area (TPSA) is 0 Å². The Bertz CT molecular complexity index is 212. The van der Waals surface area contributed by atoms with E-state index < -0.39 is 0 Å². The van der Waals surface area contributed by atoms with E-state index in [-0.39, 0.29) is 7.43 Å². The zero-order valence-corrected chi connectivity index (χ0v) is 13.8. The van der Waals surface area contributed by atoms with Gasteiger partial charge in [0.05, 0.1) is 0 Å². The van der Waals surface area contributed by atoms with E-state index in [9.17, 15) is 0 Å². The Morgan fingerprint density at radius 1 is 1.00 bits per heavy atom. The molecule has 0 bridgehead atoms. The molecule has 0 spiro atoms. The summed E-state index contributed by atoms with van der Waals surface area (Å²) in [7, 11) is 0. The maximum Gasteiger partial charge on any atom is -0.0417 e. The zero-order chi connectivity index (χ0) is 14.5. The molecule has 2 aliphatic carbocycles. The summed E-state index contributed by atoms with van der Waals surface area (Å²) in [6.07, 6.45) is 17.4. The fraction of sp³-hybridized carbons (Fsp3) is 0.800. The van der Waals surface area contributed by atoms with Crippen LogP contribution < -0.4 is 0 Å². The first-order valence-electron chi connectivity index (χ1n) is 8.37. The lowest BCUT2D eigenvalue weighted by Crippen LogP contribution is -1.86. The van der Waals surface area contributed by atoms with Crippen molar-refractivity contribution >= 4 is 0 Å². The Morgan fingerprint density at radius 3 is 1.65 bits per heavy atom. The van der Waals surface area contributed by atoms with Crippen LogP contribution in [0.3, 0.4) is 0 Å². The summed E-state index contributed by atoms with van der Waals surface area (Å²) in [6.45, 7) is 12.4. The van der Waals surface area contributed by atoms with E-state index in [1.807, 2.05) is 19.1 Å². The first-order valence-corrected chi connectivity index (χ1v) is 8.37. The molecule has 20 heavy (non-hydrogen) atoms. The van der Waals surface area contributed by atoms with Crippen LogP contribution in [0.15, 0.2) is 24.8 Å². The largest absolute Gasteiger partial charge is 0.0991 e. The molecule has 2 unspecified atom stereocenters. The summed E-state index contributed by atoms with van der Waals surface area (Å²) in [6, 6.07) is 0. The number of hydrogen-bond donors (Lipinski definition) is 0. The minimum absolute atomic E-state index is 0. The molecular formula is C20H40. The molecule has 0 nitrogen and oxygen atoms in total. The molecule has 2 rings (SSSR count). The Labute approximate surface area is 129 Å². The molecule has 0 radical (unpaired) electrons. The molecule has 120 valence electrons. The van der Waals surface area contributed by atoms with Crippen molar-refractivity contribution in [2.75, 3.05) is 0 Å². The molecule has 0 saturated heterocycles. The molecule has 2 fully saturated rings. The van der Waals surface area contributed by atoms with E-state index in [1.54, 1.807) is 6.08 Å². The fourth-order valence-corrected chi connectivity index (χ4v) is 3.05. The average molecular weight is 281 g/mol. The maximum absolute atomic E-state index is 3.46. The molecule has 2 atom stereocenters. The van der Waals surface area contributed by atoms with Gasteiger partial charge in [-0.3, -0.25) is 0 Å². The second-order valence-corrected chi connectivity index (χ2v) is 6.34. The van der Waals surface area contributed by atoms with E-state index in [1.165, 1.54) is 51.4 Å². The summed E-state index contributed by atoms with van der Waals surface area (Å²) in [5.41, 5.74) is 0. The highest BCUT2D eigenvalue weighted by Gasteiger charge is 2.15. The van der Waals surface area contributed by atoms with Gasteiger partial charge in [-0.05, 0) is 31.1 Å². The fourth-order valence-electron chi connectivity index (χ4n) is 3.05. The summed E-state index contributed by atoms with van der Waals surface area (Å²) in [5.74, 6) is 3.14. The summed E-state index contributed by atoms with van der Waals surface area (Å²) >= 11 is 0. The van der Waals surface area contributed by atoms with Crippen LogP contribution in [0.4, 0.5) is 0 Å². The van der Waals surface area contributed by atoms with Crippen LogP contribution in [0, 0.1) is 17.8 Å². The Kier molecular flexibility index (Phi) is 16.2. The van der Waals surface area contributed by atoms with Gasteiger partial charge in [0.2, 0.25) is 0 Å². The van der Waals surface area contributed by atoms with Gasteiger partial charge >= 0.3 is 0 Å². The predicted molar refractivity (Wildman–Crippen MR) is 96.2 cm³/mol. The van der Waals surface area contributed by atoms with Crippen LogP contribution >= 0.6 is 0 Å². The van der Waals surface area contributed by atoms with Crippen LogP contribution in [0.25, 0.3) is 0 Å². The summed E-state index contributed by atoms with van der Waals surface area (Å²) in [4.78, 5) is 0. The van der Waals surface area contributed by atoms with Crippen molar-refractivity contribution in [1.29, 1.82) is 0 Å². The quantitative estimate of drug-likeness (QED) is 0.462. The molecule has 0 heterocycles. The standard InChI is InChI=1S/2C7H14.C5H8.CH4/c1-6-3-4-7(2)5-6;1-2-7-5-3-4-6-7;1-3-5-4-2;/h6-7H,3-5H2,1-2H3;7H,2-6H2,1H3;3-5H,1H2,2H3;1H4/b;;5-4-;. The zero-order valence-electron chi connectivity index (χ0n) is 13.8. The first-order chi connectivity index (χ1) is 9.13. The molecule has 0 heteroatoms. The third kappa shape index (κ3) is 12.5. The van der Waals surface area contributed by atoms with E-state index >= 15 is 0 Å². The van der Waals surface area contributed by atoms with Crippen LogP contribution in [-0.2, 0) is 0 Å². The van der Waals surface area contributed by atoms with E-state index in [2.05, 4.69) is 27.4 Å². The van der Waals surface area contributed by atoms with Crippen molar-refractivity contribution in [1.82, 2.24) is 0 Å². The van der Waals surface area contributed by atoms with Gasteiger partial charge in [0.25, 0.3) is 0 Å². The number of allylic oxidation sites excluding steroid dienone is 3. The third-order valence-corrected chi connectivity index (χ3v) is 4.34. The molecular weight excluding hydrogens is 240 g/mol. The lowest BCUT2D eigenvalue weighted by Gasteiger charge is -1.99. The van der Waals surface area contributed by atoms with Crippen molar-refractivity contribution in [2.45, 2.75) is 86.5 Å². The van der Waals surface area contributed by atoms with Gasteiger partial charge in [-0.1, -0.05) is 98.0 Å². The molecule has 0 amide bonds. The van der Waals surface area contributed by atoms with Crippen LogP contribution in [0.1, 0.15) is 86.5 Å². The van der Waals surface area contributed by atoms with Gasteiger partial charge in [-0.15, -0.1) is 0 Å². The smallest absolute Gasteiger partial charge is 0.0417 e. The van der Waals surface area contributed by atoms with E-state index in [0.29, 0.717) is 0 Å². The van der Waals surface area contributed by atoms with Crippen molar-refractivity contribution in [3.05, 3.63) is 24.8 Å². The minimum atomic E-state index is 0. The van der Waals surface area contributed by atoms with Gasteiger partial charge in [0.15, 0.2) is 0 Å². The second kappa shape index (κ2) is 14.9. The number of rotatable bonds is 2. The minimum Gasteiger partial charge on any atom is -0.0991 e. The highest BCUT2D eigenvalue weighted by molar-refractivity contribution is 4.94. The highest BCUT2D eigenvalue weighted by atomic mass is 14.2. The normalized spacial score (nSPS) is 25.2. The van der Waals surface area contributed by atoms with Crippen LogP contribution in [0.5, 0.6) is 0 Å². The van der Waals surface area contributed by atoms with Crippen molar-refractivity contribution in [2.24, 2.45) is 17.8 Å². The molecule has 0 aliphatic heterocycles. The average Bonchev–Trinajstić information content (AvgIpc) is 3.03. The lowest BCUT2D eigenvalue weighted by atomic mass is 10.1.